The summed E-state index contributed by atoms with van der Waals surface area (Å²) in [6.07, 6.45) is 11.4. The van der Waals surface area contributed by atoms with Crippen molar-refractivity contribution in [2.75, 3.05) is 52.4 Å². The van der Waals surface area contributed by atoms with Gasteiger partial charge in [0.25, 0.3) is 0 Å². The minimum absolute atomic E-state index is 0.153. The minimum atomic E-state index is 0.153. The second kappa shape index (κ2) is 24.1. The highest BCUT2D eigenvalue weighted by Crippen LogP contribution is 1.98. The molecule has 2 amide bonds. The molecule has 0 rings (SSSR count). The second-order valence-electron chi connectivity index (χ2n) is 7.81. The van der Waals surface area contributed by atoms with Gasteiger partial charge in [-0.2, -0.15) is 0 Å². The summed E-state index contributed by atoms with van der Waals surface area (Å²) in [5.41, 5.74) is 10.9. The van der Waals surface area contributed by atoms with E-state index < -0.39 is 0 Å². The van der Waals surface area contributed by atoms with Gasteiger partial charge < -0.3 is 32.7 Å². The lowest BCUT2D eigenvalue weighted by Gasteiger charge is -2.08. The van der Waals surface area contributed by atoms with Gasteiger partial charge in [-0.05, 0) is 90.6 Å². The Labute approximate surface area is 184 Å². The maximum Gasteiger partial charge on any atom is 0.219 e. The number of hydrogen-bond acceptors (Lipinski definition) is 6. The van der Waals surface area contributed by atoms with Crippen LogP contribution in [0.1, 0.15) is 77.0 Å². The summed E-state index contributed by atoms with van der Waals surface area (Å²) in [6.45, 7) is 6.80. The fourth-order valence-corrected chi connectivity index (χ4v) is 3.02. The average molecular weight is 429 g/mol. The van der Waals surface area contributed by atoms with Gasteiger partial charge in [-0.25, -0.2) is 0 Å². The molecular weight excluding hydrogens is 380 g/mol. The Bertz CT molecular complexity index is 360. The number of carbonyl (C=O) groups is 2. The Hall–Kier alpha value is -1.22. The fraction of sp³-hybridized carbons (Fsp3) is 0.909. The molecule has 0 saturated heterocycles. The average Bonchev–Trinajstić information content (AvgIpc) is 2.74. The quantitative estimate of drug-likeness (QED) is 0.134. The number of nitrogens with two attached hydrogens (primary N) is 2. The molecule has 0 aliphatic heterocycles. The third kappa shape index (κ3) is 23.1. The van der Waals surface area contributed by atoms with Crippen molar-refractivity contribution in [3.8, 4) is 0 Å². The van der Waals surface area contributed by atoms with Crippen molar-refractivity contribution in [2.24, 2.45) is 11.5 Å². The zero-order chi connectivity index (χ0) is 22.1. The molecule has 8 N–H and O–H groups in total. The van der Waals surface area contributed by atoms with Crippen LogP contribution in [0.2, 0.25) is 0 Å². The Morgan fingerprint density at radius 2 is 0.867 bits per heavy atom. The number of nitrogens with one attached hydrogen (secondary N) is 4. The first-order valence-corrected chi connectivity index (χ1v) is 12.1. The predicted octanol–water partition coefficient (Wildman–Crippen LogP) is 0.997. The lowest BCUT2D eigenvalue weighted by atomic mass is 10.2. The molecule has 0 aromatic rings. The van der Waals surface area contributed by atoms with Crippen molar-refractivity contribution in [2.45, 2.75) is 77.0 Å². The van der Waals surface area contributed by atoms with Gasteiger partial charge in [-0.1, -0.05) is 12.8 Å². The molecule has 0 aliphatic carbocycles. The predicted molar refractivity (Wildman–Crippen MR) is 125 cm³/mol. The van der Waals surface area contributed by atoms with Crippen molar-refractivity contribution >= 4 is 11.8 Å². The Morgan fingerprint density at radius 3 is 1.27 bits per heavy atom. The van der Waals surface area contributed by atoms with Crippen LogP contribution in [0.15, 0.2) is 0 Å². The van der Waals surface area contributed by atoms with E-state index in [0.29, 0.717) is 25.9 Å². The zero-order valence-corrected chi connectivity index (χ0v) is 19.1. The molecule has 0 aliphatic rings. The summed E-state index contributed by atoms with van der Waals surface area (Å²) in [5.74, 6) is 0.306. The van der Waals surface area contributed by atoms with Crippen molar-refractivity contribution < 1.29 is 9.59 Å². The molecule has 0 aromatic heterocycles. The van der Waals surface area contributed by atoms with E-state index in [-0.39, 0.29) is 11.8 Å². The largest absolute Gasteiger partial charge is 0.356 e. The van der Waals surface area contributed by atoms with Crippen LogP contribution < -0.4 is 32.7 Å². The molecular formula is C22H48N6O2. The van der Waals surface area contributed by atoms with Crippen LogP contribution in [0, 0.1) is 0 Å². The number of carbonyl (C=O) groups excluding carboxylic acids is 2. The number of hydrogen-bond donors (Lipinski definition) is 6. The molecule has 0 heterocycles. The highest BCUT2D eigenvalue weighted by Gasteiger charge is 2.01. The van der Waals surface area contributed by atoms with Crippen LogP contribution in [-0.4, -0.2) is 64.2 Å². The lowest BCUT2D eigenvalue weighted by Crippen LogP contribution is -2.28. The van der Waals surface area contributed by atoms with Gasteiger partial charge in [0.1, 0.15) is 0 Å². The fourth-order valence-electron chi connectivity index (χ4n) is 3.02. The smallest absolute Gasteiger partial charge is 0.219 e. The lowest BCUT2D eigenvalue weighted by molar-refractivity contribution is -0.122. The van der Waals surface area contributed by atoms with E-state index in [2.05, 4.69) is 21.3 Å². The maximum atomic E-state index is 11.6. The highest BCUT2D eigenvalue weighted by atomic mass is 16.2. The van der Waals surface area contributed by atoms with Gasteiger partial charge in [0.05, 0.1) is 0 Å². The third-order valence-electron chi connectivity index (χ3n) is 4.88. The number of amides is 2. The molecule has 8 heteroatoms. The standard InChI is InChI=1S/C22H48N6O2/c23-13-5-1-3-11-21(29)27-19-9-17-25-15-7-8-16-26-18-10-20-28-22(30)12-4-2-6-14-24/h25-26H,1-20,23-24H2,(H,27,29)(H,28,30). The topological polar surface area (TPSA) is 134 Å². The summed E-state index contributed by atoms with van der Waals surface area (Å²) >= 11 is 0. The molecule has 8 nitrogen and oxygen atoms in total. The molecule has 0 unspecified atom stereocenters. The van der Waals surface area contributed by atoms with E-state index in [0.717, 1.165) is 103 Å². The van der Waals surface area contributed by atoms with E-state index in [1.165, 1.54) is 0 Å². The number of rotatable bonds is 23. The number of unbranched alkanes of at least 4 members (excludes halogenated alkanes) is 5. The van der Waals surface area contributed by atoms with Crippen LogP contribution in [0.5, 0.6) is 0 Å². The minimum Gasteiger partial charge on any atom is -0.356 e. The van der Waals surface area contributed by atoms with Gasteiger partial charge in [-0.15, -0.1) is 0 Å². The van der Waals surface area contributed by atoms with Crippen molar-refractivity contribution in [3.63, 3.8) is 0 Å². The first kappa shape index (κ1) is 28.8. The van der Waals surface area contributed by atoms with E-state index in [1.54, 1.807) is 0 Å². The second-order valence-corrected chi connectivity index (χ2v) is 7.81. The van der Waals surface area contributed by atoms with Crippen LogP contribution >= 0.6 is 0 Å². The molecule has 0 atom stereocenters. The molecule has 178 valence electrons. The van der Waals surface area contributed by atoms with Gasteiger partial charge in [0.15, 0.2) is 0 Å². The maximum absolute atomic E-state index is 11.6. The van der Waals surface area contributed by atoms with Gasteiger partial charge >= 0.3 is 0 Å². The Kier molecular flexibility index (Phi) is 23.1. The SMILES string of the molecule is NCCCCCC(=O)NCCCNCCCCNCCCNC(=O)CCCCCN. The van der Waals surface area contributed by atoms with Crippen molar-refractivity contribution in [3.05, 3.63) is 0 Å². The van der Waals surface area contributed by atoms with E-state index in [4.69, 9.17) is 11.5 Å². The van der Waals surface area contributed by atoms with Crippen LogP contribution in [0.4, 0.5) is 0 Å². The van der Waals surface area contributed by atoms with E-state index >= 15 is 0 Å². The van der Waals surface area contributed by atoms with Gasteiger partial charge in [0.2, 0.25) is 11.8 Å². The Balaban J connectivity index is 3.17. The van der Waals surface area contributed by atoms with Crippen molar-refractivity contribution in [1.29, 1.82) is 0 Å². The molecule has 0 radical (unpaired) electrons. The molecule has 30 heavy (non-hydrogen) atoms. The molecule has 0 bridgehead atoms. The molecule has 0 saturated carbocycles. The van der Waals surface area contributed by atoms with Crippen LogP contribution in [0.25, 0.3) is 0 Å². The first-order chi connectivity index (χ1) is 14.7. The summed E-state index contributed by atoms with van der Waals surface area (Å²) in [5, 5.41) is 12.8. The molecule has 0 fully saturated rings. The third-order valence-corrected chi connectivity index (χ3v) is 4.88. The summed E-state index contributed by atoms with van der Waals surface area (Å²) in [6, 6.07) is 0. The van der Waals surface area contributed by atoms with Gasteiger partial charge in [-0.3, -0.25) is 9.59 Å². The summed E-state index contributed by atoms with van der Waals surface area (Å²) < 4.78 is 0. The normalized spacial score (nSPS) is 10.9. The van der Waals surface area contributed by atoms with Crippen molar-refractivity contribution in [1.82, 2.24) is 21.3 Å². The zero-order valence-electron chi connectivity index (χ0n) is 19.1. The highest BCUT2D eigenvalue weighted by molar-refractivity contribution is 5.76. The first-order valence-electron chi connectivity index (χ1n) is 12.1. The summed E-state index contributed by atoms with van der Waals surface area (Å²) in [7, 11) is 0. The van der Waals surface area contributed by atoms with E-state index in [1.807, 2.05) is 0 Å². The van der Waals surface area contributed by atoms with Crippen LogP contribution in [-0.2, 0) is 9.59 Å². The van der Waals surface area contributed by atoms with Crippen LogP contribution in [0.3, 0.4) is 0 Å². The van der Waals surface area contributed by atoms with Gasteiger partial charge in [0, 0.05) is 25.9 Å². The Morgan fingerprint density at radius 1 is 0.467 bits per heavy atom. The monoisotopic (exact) mass is 428 g/mol. The molecule has 0 spiro atoms. The summed E-state index contributed by atoms with van der Waals surface area (Å²) in [4.78, 5) is 23.2. The molecule has 0 aromatic carbocycles. The van der Waals surface area contributed by atoms with E-state index in [9.17, 15) is 9.59 Å².